The van der Waals surface area contributed by atoms with E-state index in [1.165, 1.54) is 9.21 Å². The van der Waals surface area contributed by atoms with Crippen LogP contribution in [-0.4, -0.2) is 80.3 Å². The number of imide groups is 1. The van der Waals surface area contributed by atoms with Crippen LogP contribution in [0.15, 0.2) is 23.1 Å². The Morgan fingerprint density at radius 2 is 1.70 bits per heavy atom. The van der Waals surface area contributed by atoms with Crippen LogP contribution in [0.3, 0.4) is 0 Å². The third-order valence-corrected chi connectivity index (χ3v) is 6.55. The molecule has 2 aliphatic heterocycles. The van der Waals surface area contributed by atoms with Crippen LogP contribution < -0.4 is 5.32 Å². The average Bonchev–Trinajstić information content (AvgIpc) is 2.96. The standard InChI is InChI=1S/C16H20F2N4O4S/c17-13-3-2-12(10-14(13)18)27(25,26)21-8-6-20(7-9-21)4-1-5-22-15(23)11-19-16(22)24/h2-3,10H,1,4-9,11H2,(H,19,24). The highest BCUT2D eigenvalue weighted by molar-refractivity contribution is 7.89. The maximum atomic E-state index is 13.3. The van der Waals surface area contributed by atoms with Crippen LogP contribution in [0.1, 0.15) is 6.42 Å². The van der Waals surface area contributed by atoms with Gasteiger partial charge in [-0.1, -0.05) is 0 Å². The van der Waals surface area contributed by atoms with E-state index in [1.807, 2.05) is 4.90 Å². The molecular weight excluding hydrogens is 382 g/mol. The fraction of sp³-hybridized carbons (Fsp3) is 0.500. The smallest absolute Gasteiger partial charge is 0.324 e. The van der Waals surface area contributed by atoms with Crippen molar-refractivity contribution in [2.45, 2.75) is 11.3 Å². The molecule has 3 rings (SSSR count). The molecule has 0 aliphatic carbocycles. The van der Waals surface area contributed by atoms with Gasteiger partial charge in [0.05, 0.1) is 11.4 Å². The largest absolute Gasteiger partial charge is 0.329 e. The summed E-state index contributed by atoms with van der Waals surface area (Å²) >= 11 is 0. The number of carbonyl (C=O) groups excluding carboxylic acids is 2. The molecule has 2 aliphatic rings. The second kappa shape index (κ2) is 7.87. The molecule has 0 radical (unpaired) electrons. The van der Waals surface area contributed by atoms with E-state index >= 15 is 0 Å². The maximum absolute atomic E-state index is 13.3. The maximum Gasteiger partial charge on any atom is 0.324 e. The molecule has 2 fully saturated rings. The van der Waals surface area contributed by atoms with Gasteiger partial charge in [0.15, 0.2) is 11.6 Å². The van der Waals surface area contributed by atoms with E-state index < -0.39 is 21.7 Å². The number of amides is 3. The van der Waals surface area contributed by atoms with Gasteiger partial charge in [-0.15, -0.1) is 0 Å². The molecule has 1 aromatic carbocycles. The molecular formula is C16H20F2N4O4S. The summed E-state index contributed by atoms with van der Waals surface area (Å²) in [6.45, 7) is 2.37. The Labute approximate surface area is 155 Å². The number of urea groups is 1. The molecule has 1 aromatic rings. The molecule has 2 heterocycles. The lowest BCUT2D eigenvalue weighted by Crippen LogP contribution is -2.49. The molecule has 0 saturated carbocycles. The number of hydrogen-bond acceptors (Lipinski definition) is 5. The van der Waals surface area contributed by atoms with E-state index in [1.54, 1.807) is 0 Å². The number of carbonyl (C=O) groups is 2. The topological polar surface area (TPSA) is 90.0 Å². The van der Waals surface area contributed by atoms with E-state index in [0.717, 1.165) is 12.1 Å². The van der Waals surface area contributed by atoms with Crippen LogP contribution in [0, 0.1) is 11.6 Å². The van der Waals surface area contributed by atoms with E-state index in [-0.39, 0.29) is 36.5 Å². The summed E-state index contributed by atoms with van der Waals surface area (Å²) < 4.78 is 52.7. The van der Waals surface area contributed by atoms with Gasteiger partial charge in [-0.05, 0) is 31.2 Å². The molecule has 0 bridgehead atoms. The van der Waals surface area contributed by atoms with Crippen LogP contribution in [0.5, 0.6) is 0 Å². The van der Waals surface area contributed by atoms with Crippen molar-refractivity contribution in [1.29, 1.82) is 0 Å². The van der Waals surface area contributed by atoms with Crippen molar-refractivity contribution in [3.05, 3.63) is 29.8 Å². The molecule has 1 N–H and O–H groups in total. The number of sulfonamides is 1. The fourth-order valence-electron chi connectivity index (χ4n) is 3.11. The van der Waals surface area contributed by atoms with Gasteiger partial charge in [0, 0.05) is 32.7 Å². The van der Waals surface area contributed by atoms with Gasteiger partial charge < -0.3 is 10.2 Å². The summed E-state index contributed by atoms with van der Waals surface area (Å²) in [7, 11) is -3.88. The monoisotopic (exact) mass is 402 g/mol. The first kappa shape index (κ1) is 19.6. The first-order valence-corrected chi connectivity index (χ1v) is 9.99. The Hall–Kier alpha value is -2.11. The highest BCUT2D eigenvalue weighted by Crippen LogP contribution is 2.20. The van der Waals surface area contributed by atoms with Crippen molar-refractivity contribution >= 4 is 22.0 Å². The van der Waals surface area contributed by atoms with Crippen LogP contribution in [-0.2, 0) is 14.8 Å². The number of halogens is 2. The van der Waals surface area contributed by atoms with Crippen molar-refractivity contribution in [3.8, 4) is 0 Å². The summed E-state index contributed by atoms with van der Waals surface area (Å²) in [5.41, 5.74) is 0. The third kappa shape index (κ3) is 4.25. The summed E-state index contributed by atoms with van der Waals surface area (Å²) in [6, 6.07) is 2.16. The Balaban J connectivity index is 1.50. The quantitative estimate of drug-likeness (QED) is 0.688. The minimum Gasteiger partial charge on any atom is -0.329 e. The Bertz CT molecular complexity index is 825. The highest BCUT2D eigenvalue weighted by atomic mass is 32.2. The van der Waals surface area contributed by atoms with Gasteiger partial charge in [0.1, 0.15) is 0 Å². The number of benzene rings is 1. The SMILES string of the molecule is O=C1CNC(=O)N1CCCN1CCN(S(=O)(=O)c2ccc(F)c(F)c2)CC1. The molecule has 27 heavy (non-hydrogen) atoms. The average molecular weight is 402 g/mol. The van der Waals surface area contributed by atoms with Crippen LogP contribution in [0.4, 0.5) is 13.6 Å². The lowest BCUT2D eigenvalue weighted by Gasteiger charge is -2.34. The van der Waals surface area contributed by atoms with E-state index in [2.05, 4.69) is 5.32 Å². The molecule has 0 spiro atoms. The zero-order valence-corrected chi connectivity index (χ0v) is 15.3. The zero-order valence-electron chi connectivity index (χ0n) is 14.5. The minimum absolute atomic E-state index is 0.0271. The molecule has 11 heteroatoms. The normalized spacial score (nSPS) is 19.6. The van der Waals surface area contributed by atoms with Crippen molar-refractivity contribution in [1.82, 2.24) is 19.4 Å². The predicted octanol–water partition coefficient (Wildman–Crippen LogP) is 0.213. The Morgan fingerprint density at radius 1 is 1.00 bits per heavy atom. The van der Waals surface area contributed by atoms with E-state index in [4.69, 9.17) is 0 Å². The van der Waals surface area contributed by atoms with Crippen molar-refractivity contribution in [2.24, 2.45) is 0 Å². The Morgan fingerprint density at radius 3 is 2.30 bits per heavy atom. The molecule has 148 valence electrons. The molecule has 0 aromatic heterocycles. The van der Waals surface area contributed by atoms with Gasteiger partial charge in [0.25, 0.3) is 0 Å². The number of hydrogen-bond donors (Lipinski definition) is 1. The van der Waals surface area contributed by atoms with Crippen molar-refractivity contribution < 1.29 is 26.8 Å². The number of piperazine rings is 1. The number of rotatable bonds is 6. The van der Waals surface area contributed by atoms with Crippen molar-refractivity contribution in [3.63, 3.8) is 0 Å². The van der Waals surface area contributed by atoms with Gasteiger partial charge in [-0.2, -0.15) is 4.31 Å². The number of nitrogens with zero attached hydrogens (tertiary/aromatic N) is 3. The van der Waals surface area contributed by atoms with Crippen LogP contribution >= 0.6 is 0 Å². The predicted molar refractivity (Wildman–Crippen MR) is 91.3 cm³/mol. The highest BCUT2D eigenvalue weighted by Gasteiger charge is 2.30. The number of nitrogens with one attached hydrogen (secondary N) is 1. The van der Waals surface area contributed by atoms with Gasteiger partial charge in [0.2, 0.25) is 15.9 Å². The lowest BCUT2D eigenvalue weighted by atomic mass is 10.3. The van der Waals surface area contributed by atoms with E-state index in [0.29, 0.717) is 38.7 Å². The summed E-state index contributed by atoms with van der Waals surface area (Å²) in [5.74, 6) is -2.54. The molecule has 0 atom stereocenters. The first-order chi connectivity index (χ1) is 12.8. The summed E-state index contributed by atoms with van der Waals surface area (Å²) in [5, 5.41) is 2.45. The van der Waals surface area contributed by atoms with Gasteiger partial charge in [-0.3, -0.25) is 9.69 Å². The van der Waals surface area contributed by atoms with Crippen LogP contribution in [0.25, 0.3) is 0 Å². The molecule has 8 nitrogen and oxygen atoms in total. The summed E-state index contributed by atoms with van der Waals surface area (Å²) in [6.07, 6.45) is 0.592. The lowest BCUT2D eigenvalue weighted by molar-refractivity contribution is -0.125. The van der Waals surface area contributed by atoms with Gasteiger partial charge in [-0.25, -0.2) is 22.0 Å². The zero-order chi connectivity index (χ0) is 19.6. The molecule has 0 unspecified atom stereocenters. The van der Waals surface area contributed by atoms with Crippen molar-refractivity contribution in [2.75, 3.05) is 45.8 Å². The van der Waals surface area contributed by atoms with Gasteiger partial charge >= 0.3 is 6.03 Å². The van der Waals surface area contributed by atoms with Crippen LogP contribution in [0.2, 0.25) is 0 Å². The fourth-order valence-corrected chi connectivity index (χ4v) is 4.55. The first-order valence-electron chi connectivity index (χ1n) is 8.55. The second-order valence-electron chi connectivity index (χ2n) is 6.38. The molecule has 2 saturated heterocycles. The summed E-state index contributed by atoms with van der Waals surface area (Å²) in [4.78, 5) is 25.9. The van der Waals surface area contributed by atoms with E-state index in [9.17, 15) is 26.8 Å². The minimum atomic E-state index is -3.88. The Kier molecular flexibility index (Phi) is 5.72. The second-order valence-corrected chi connectivity index (χ2v) is 8.32. The molecule has 3 amide bonds. The third-order valence-electron chi connectivity index (χ3n) is 4.65.